The molecule has 2 aromatic carbocycles. The lowest BCUT2D eigenvalue weighted by Crippen LogP contribution is -2.35. The SMILES string of the molecule is COc1ccc(NC(=O)Cc2ccc(S(=O)(=O)N3CCCCC3)cc2)c(OC)c1. The molecule has 1 saturated heterocycles. The van der Waals surface area contributed by atoms with Crippen LogP contribution in [-0.2, 0) is 21.2 Å². The molecule has 1 heterocycles. The van der Waals surface area contributed by atoms with Crippen molar-refractivity contribution < 1.29 is 22.7 Å². The molecule has 0 unspecified atom stereocenters. The van der Waals surface area contributed by atoms with Gasteiger partial charge < -0.3 is 14.8 Å². The Labute approximate surface area is 171 Å². The van der Waals surface area contributed by atoms with Gasteiger partial charge in [-0.15, -0.1) is 0 Å². The van der Waals surface area contributed by atoms with E-state index < -0.39 is 10.0 Å². The van der Waals surface area contributed by atoms with Crippen molar-refractivity contribution in [2.45, 2.75) is 30.6 Å². The normalized spacial score (nSPS) is 15.0. The molecule has 2 aromatic rings. The Morgan fingerprint density at radius 3 is 2.31 bits per heavy atom. The Morgan fingerprint density at radius 2 is 1.69 bits per heavy atom. The number of methoxy groups -OCH3 is 2. The van der Waals surface area contributed by atoms with Gasteiger partial charge in [0.05, 0.1) is 31.2 Å². The van der Waals surface area contributed by atoms with Crippen molar-refractivity contribution >= 4 is 21.6 Å². The molecule has 0 spiro atoms. The fourth-order valence-corrected chi connectivity index (χ4v) is 4.83. The number of ether oxygens (including phenoxy) is 2. The first-order valence-corrected chi connectivity index (χ1v) is 11.0. The molecule has 0 saturated carbocycles. The van der Waals surface area contributed by atoms with Gasteiger partial charge in [-0.25, -0.2) is 8.42 Å². The van der Waals surface area contributed by atoms with E-state index in [9.17, 15) is 13.2 Å². The summed E-state index contributed by atoms with van der Waals surface area (Å²) in [6.07, 6.45) is 2.98. The van der Waals surface area contributed by atoms with Crippen LogP contribution in [0.25, 0.3) is 0 Å². The van der Waals surface area contributed by atoms with E-state index in [0.717, 1.165) is 24.8 Å². The van der Waals surface area contributed by atoms with Crippen LogP contribution in [0, 0.1) is 0 Å². The highest BCUT2D eigenvalue weighted by Gasteiger charge is 2.25. The van der Waals surface area contributed by atoms with Crippen LogP contribution in [0.5, 0.6) is 11.5 Å². The summed E-state index contributed by atoms with van der Waals surface area (Å²) in [5, 5.41) is 2.81. The maximum atomic E-state index is 12.7. The van der Waals surface area contributed by atoms with Crippen molar-refractivity contribution in [1.82, 2.24) is 4.31 Å². The second kappa shape index (κ2) is 9.28. The van der Waals surface area contributed by atoms with Crippen LogP contribution in [0.15, 0.2) is 47.4 Å². The summed E-state index contributed by atoms with van der Waals surface area (Å²) in [5.41, 5.74) is 1.27. The summed E-state index contributed by atoms with van der Waals surface area (Å²) in [6.45, 7) is 1.13. The first-order valence-electron chi connectivity index (χ1n) is 9.55. The summed E-state index contributed by atoms with van der Waals surface area (Å²) < 4.78 is 37.4. The lowest BCUT2D eigenvalue weighted by Gasteiger charge is -2.25. The second-order valence-corrected chi connectivity index (χ2v) is 8.84. The van der Waals surface area contributed by atoms with Gasteiger partial charge in [-0.3, -0.25) is 4.79 Å². The fraction of sp³-hybridized carbons (Fsp3) is 0.381. The molecule has 1 N–H and O–H groups in total. The zero-order valence-electron chi connectivity index (χ0n) is 16.7. The average Bonchev–Trinajstić information content (AvgIpc) is 2.75. The molecular formula is C21H26N2O5S. The van der Waals surface area contributed by atoms with E-state index >= 15 is 0 Å². The number of anilines is 1. The molecule has 7 nitrogen and oxygen atoms in total. The molecular weight excluding hydrogens is 392 g/mol. The third kappa shape index (κ3) is 5.07. The van der Waals surface area contributed by atoms with Gasteiger partial charge >= 0.3 is 0 Å². The van der Waals surface area contributed by atoms with Crippen molar-refractivity contribution in [3.63, 3.8) is 0 Å². The van der Waals surface area contributed by atoms with E-state index in [1.807, 2.05) is 0 Å². The number of nitrogens with zero attached hydrogens (tertiary/aromatic N) is 1. The standard InChI is InChI=1S/C21H26N2O5S/c1-27-17-8-11-19(20(15-17)28-2)22-21(24)14-16-6-9-18(10-7-16)29(25,26)23-12-4-3-5-13-23/h6-11,15H,3-5,12-14H2,1-2H3,(H,22,24). The van der Waals surface area contributed by atoms with Crippen molar-refractivity contribution in [2.75, 3.05) is 32.6 Å². The lowest BCUT2D eigenvalue weighted by atomic mass is 10.1. The highest BCUT2D eigenvalue weighted by atomic mass is 32.2. The van der Waals surface area contributed by atoms with Crippen LogP contribution in [0.1, 0.15) is 24.8 Å². The van der Waals surface area contributed by atoms with Gasteiger partial charge in [0.1, 0.15) is 11.5 Å². The average molecular weight is 419 g/mol. The number of rotatable bonds is 7. The van der Waals surface area contributed by atoms with E-state index in [1.165, 1.54) is 11.4 Å². The minimum Gasteiger partial charge on any atom is -0.497 e. The van der Waals surface area contributed by atoms with E-state index in [-0.39, 0.29) is 17.2 Å². The predicted octanol–water partition coefficient (Wildman–Crippen LogP) is 3.06. The molecule has 0 bridgehead atoms. The quantitative estimate of drug-likeness (QED) is 0.747. The Kier molecular flexibility index (Phi) is 6.76. The Morgan fingerprint density at radius 1 is 1.00 bits per heavy atom. The van der Waals surface area contributed by atoms with Crippen LogP contribution in [0.4, 0.5) is 5.69 Å². The van der Waals surface area contributed by atoms with Gasteiger partial charge in [-0.05, 0) is 42.7 Å². The third-order valence-corrected chi connectivity index (χ3v) is 6.84. The summed E-state index contributed by atoms with van der Waals surface area (Å²) >= 11 is 0. The summed E-state index contributed by atoms with van der Waals surface area (Å²) in [6, 6.07) is 11.6. The number of sulfonamides is 1. The molecule has 0 atom stereocenters. The van der Waals surface area contributed by atoms with E-state index in [2.05, 4.69) is 5.32 Å². The zero-order valence-corrected chi connectivity index (χ0v) is 17.5. The molecule has 1 aliphatic rings. The number of nitrogens with one attached hydrogen (secondary N) is 1. The van der Waals surface area contributed by atoms with E-state index in [1.54, 1.807) is 49.6 Å². The minimum absolute atomic E-state index is 0.124. The predicted molar refractivity (Wildman–Crippen MR) is 111 cm³/mol. The fourth-order valence-electron chi connectivity index (χ4n) is 3.32. The zero-order chi connectivity index (χ0) is 20.9. The number of piperidine rings is 1. The van der Waals surface area contributed by atoms with E-state index in [4.69, 9.17) is 9.47 Å². The minimum atomic E-state index is -3.47. The Balaban J connectivity index is 1.66. The number of benzene rings is 2. The van der Waals surface area contributed by atoms with Gasteiger partial charge in [-0.1, -0.05) is 18.6 Å². The number of hydrogen-bond acceptors (Lipinski definition) is 5. The second-order valence-electron chi connectivity index (χ2n) is 6.90. The molecule has 8 heteroatoms. The van der Waals surface area contributed by atoms with Crippen molar-refractivity contribution in [1.29, 1.82) is 0 Å². The first-order chi connectivity index (χ1) is 13.9. The van der Waals surface area contributed by atoms with Crippen LogP contribution in [0.3, 0.4) is 0 Å². The largest absolute Gasteiger partial charge is 0.497 e. The smallest absolute Gasteiger partial charge is 0.243 e. The van der Waals surface area contributed by atoms with Crippen LogP contribution in [-0.4, -0.2) is 45.9 Å². The molecule has 3 rings (SSSR count). The number of amides is 1. The van der Waals surface area contributed by atoms with Gasteiger partial charge in [-0.2, -0.15) is 4.31 Å². The van der Waals surface area contributed by atoms with Crippen molar-refractivity contribution in [3.05, 3.63) is 48.0 Å². The molecule has 0 radical (unpaired) electrons. The van der Waals surface area contributed by atoms with Crippen LogP contribution >= 0.6 is 0 Å². The monoisotopic (exact) mass is 418 g/mol. The molecule has 0 aliphatic carbocycles. The van der Waals surface area contributed by atoms with Gasteiger partial charge in [0.15, 0.2) is 0 Å². The van der Waals surface area contributed by atoms with Crippen LogP contribution in [0.2, 0.25) is 0 Å². The maximum Gasteiger partial charge on any atom is 0.243 e. The van der Waals surface area contributed by atoms with Gasteiger partial charge in [0, 0.05) is 19.2 Å². The molecule has 1 amide bonds. The number of carbonyl (C=O) groups is 1. The number of hydrogen-bond donors (Lipinski definition) is 1. The Bertz CT molecular complexity index is 952. The highest BCUT2D eigenvalue weighted by Crippen LogP contribution is 2.29. The first kappa shape index (κ1) is 21.1. The highest BCUT2D eigenvalue weighted by molar-refractivity contribution is 7.89. The topological polar surface area (TPSA) is 84.9 Å². The van der Waals surface area contributed by atoms with E-state index in [0.29, 0.717) is 30.3 Å². The lowest BCUT2D eigenvalue weighted by molar-refractivity contribution is -0.115. The van der Waals surface area contributed by atoms with Crippen LogP contribution < -0.4 is 14.8 Å². The molecule has 0 aromatic heterocycles. The van der Waals surface area contributed by atoms with Crippen molar-refractivity contribution in [2.24, 2.45) is 0 Å². The molecule has 156 valence electrons. The summed E-state index contributed by atoms with van der Waals surface area (Å²) in [5.74, 6) is 0.908. The maximum absolute atomic E-state index is 12.7. The van der Waals surface area contributed by atoms with Gasteiger partial charge in [0.2, 0.25) is 15.9 Å². The Hall–Kier alpha value is -2.58. The van der Waals surface area contributed by atoms with Gasteiger partial charge in [0.25, 0.3) is 0 Å². The van der Waals surface area contributed by atoms with Crippen molar-refractivity contribution in [3.8, 4) is 11.5 Å². The molecule has 1 fully saturated rings. The third-order valence-electron chi connectivity index (χ3n) is 4.92. The molecule has 29 heavy (non-hydrogen) atoms. The summed E-state index contributed by atoms with van der Waals surface area (Å²) in [4.78, 5) is 12.7. The summed E-state index contributed by atoms with van der Waals surface area (Å²) in [7, 11) is -0.390. The number of carbonyl (C=O) groups excluding carboxylic acids is 1. The molecule has 1 aliphatic heterocycles.